The highest BCUT2D eigenvalue weighted by atomic mass is 16.7. The molecule has 0 bridgehead atoms. The molecule has 1 aliphatic heterocycles. The van der Waals surface area contributed by atoms with Crippen LogP contribution in [-0.2, 0) is 19.1 Å². The van der Waals surface area contributed by atoms with E-state index in [1.165, 1.54) is 12.1 Å². The maximum Gasteiger partial charge on any atom is 0.277 e. The van der Waals surface area contributed by atoms with Crippen LogP contribution in [0.4, 0.5) is 5.69 Å². The molecule has 2 unspecified atom stereocenters. The van der Waals surface area contributed by atoms with Gasteiger partial charge in [-0.05, 0) is 31.4 Å². The number of rotatable bonds is 12. The zero-order valence-corrected chi connectivity index (χ0v) is 20.1. The Labute approximate surface area is 194 Å². The molecule has 2 amide bonds. The quantitative estimate of drug-likeness (QED) is 0.286. The van der Waals surface area contributed by atoms with Crippen LogP contribution in [0.2, 0.25) is 0 Å². The number of benzene rings is 1. The predicted molar refractivity (Wildman–Crippen MR) is 122 cm³/mol. The molecule has 1 aromatic rings. The topological polar surface area (TPSA) is 120 Å². The number of nitrogens with one attached hydrogen (secondary N) is 1. The second-order valence-corrected chi connectivity index (χ2v) is 8.76. The molecule has 0 aromatic heterocycles. The van der Waals surface area contributed by atoms with Gasteiger partial charge >= 0.3 is 0 Å². The third-order valence-electron chi connectivity index (χ3n) is 5.89. The molecule has 1 fully saturated rings. The fourth-order valence-corrected chi connectivity index (χ4v) is 3.79. The number of nitro groups is 1. The van der Waals surface area contributed by atoms with Gasteiger partial charge in [-0.1, -0.05) is 20.8 Å². The van der Waals surface area contributed by atoms with E-state index in [1.807, 2.05) is 20.8 Å². The van der Waals surface area contributed by atoms with E-state index in [-0.39, 0.29) is 23.4 Å². The molecule has 33 heavy (non-hydrogen) atoms. The molecule has 10 heteroatoms. The number of carbonyl (C=O) groups excluding carboxylic acids is 2. The molecule has 2 atom stereocenters. The lowest BCUT2D eigenvalue weighted by Crippen LogP contribution is -2.42. The standard InChI is InChI=1S/C23H35N3O7/c1-6-23(3,15-16(2)20(27)25(4)5)22(28)24-10-7-11-31-17-8-9-19(26(29)30)18(14-17)21-32-12-13-33-21/h8-9,14,16,21H,6-7,10-13,15H2,1-5H3,(H,24,28). The molecule has 10 nitrogen and oxygen atoms in total. The van der Waals surface area contributed by atoms with E-state index in [1.54, 1.807) is 25.1 Å². The van der Waals surface area contributed by atoms with E-state index >= 15 is 0 Å². The molecular weight excluding hydrogens is 430 g/mol. The zero-order chi connectivity index (χ0) is 24.6. The van der Waals surface area contributed by atoms with Crippen molar-refractivity contribution in [2.45, 2.75) is 46.3 Å². The van der Waals surface area contributed by atoms with Crippen LogP contribution in [-0.4, -0.2) is 62.1 Å². The van der Waals surface area contributed by atoms with Gasteiger partial charge in [-0.15, -0.1) is 0 Å². The van der Waals surface area contributed by atoms with Gasteiger partial charge in [-0.2, -0.15) is 0 Å². The summed E-state index contributed by atoms with van der Waals surface area (Å²) in [5, 5.41) is 14.2. The van der Waals surface area contributed by atoms with Crippen molar-refractivity contribution >= 4 is 17.5 Å². The summed E-state index contributed by atoms with van der Waals surface area (Å²) in [6, 6.07) is 4.47. The van der Waals surface area contributed by atoms with Gasteiger partial charge in [0.1, 0.15) is 5.75 Å². The molecule has 1 aliphatic rings. The SMILES string of the molecule is CCC(C)(CC(C)C(=O)N(C)C)C(=O)NCCCOc1ccc([N+](=O)[O-])c(C2OCCO2)c1. The highest BCUT2D eigenvalue weighted by molar-refractivity contribution is 5.84. The van der Waals surface area contributed by atoms with Gasteiger partial charge in [0.25, 0.3) is 5.69 Å². The first-order chi connectivity index (χ1) is 15.6. The number of ether oxygens (including phenoxy) is 3. The van der Waals surface area contributed by atoms with Gasteiger partial charge in [0, 0.05) is 38.0 Å². The van der Waals surface area contributed by atoms with E-state index in [4.69, 9.17) is 14.2 Å². The lowest BCUT2D eigenvalue weighted by atomic mass is 9.78. The van der Waals surface area contributed by atoms with Gasteiger partial charge in [-0.25, -0.2) is 0 Å². The summed E-state index contributed by atoms with van der Waals surface area (Å²) in [6.07, 6.45) is 0.874. The van der Waals surface area contributed by atoms with Crippen LogP contribution in [0, 0.1) is 21.4 Å². The molecule has 184 valence electrons. The molecule has 0 radical (unpaired) electrons. The first kappa shape index (κ1) is 26.5. The summed E-state index contributed by atoms with van der Waals surface area (Å²) in [4.78, 5) is 37.3. The van der Waals surface area contributed by atoms with Crippen molar-refractivity contribution in [3.8, 4) is 5.75 Å². The maximum absolute atomic E-state index is 12.8. The minimum atomic E-state index is -0.776. The Kier molecular flexibility index (Phi) is 9.60. The van der Waals surface area contributed by atoms with Gasteiger partial charge < -0.3 is 24.4 Å². The molecule has 1 N–H and O–H groups in total. The van der Waals surface area contributed by atoms with Crippen LogP contribution in [0.3, 0.4) is 0 Å². The number of hydrogen-bond acceptors (Lipinski definition) is 7. The molecule has 1 aromatic carbocycles. The van der Waals surface area contributed by atoms with Crippen LogP contribution in [0.25, 0.3) is 0 Å². The Morgan fingerprint density at radius 2 is 2.00 bits per heavy atom. The Balaban J connectivity index is 1.85. The van der Waals surface area contributed by atoms with Gasteiger partial charge in [0.15, 0.2) is 6.29 Å². The fourth-order valence-electron chi connectivity index (χ4n) is 3.79. The van der Waals surface area contributed by atoms with Crippen LogP contribution < -0.4 is 10.1 Å². The smallest absolute Gasteiger partial charge is 0.277 e. The minimum Gasteiger partial charge on any atom is -0.494 e. The fraction of sp³-hybridized carbons (Fsp3) is 0.652. The normalized spacial score (nSPS) is 16.6. The van der Waals surface area contributed by atoms with Gasteiger partial charge in [0.2, 0.25) is 11.8 Å². The summed E-state index contributed by atoms with van der Waals surface area (Å²) in [6.45, 7) is 7.17. The number of nitro benzene ring substituents is 1. The number of nitrogens with zero attached hydrogens (tertiary/aromatic N) is 2. The highest BCUT2D eigenvalue weighted by Gasteiger charge is 2.35. The molecule has 1 heterocycles. The second-order valence-electron chi connectivity index (χ2n) is 8.76. The van der Waals surface area contributed by atoms with Crippen molar-refractivity contribution in [2.75, 3.05) is 40.5 Å². The Hall–Kier alpha value is -2.72. The first-order valence-corrected chi connectivity index (χ1v) is 11.2. The lowest BCUT2D eigenvalue weighted by molar-refractivity contribution is -0.386. The molecule has 2 rings (SSSR count). The van der Waals surface area contributed by atoms with Crippen molar-refractivity contribution in [3.05, 3.63) is 33.9 Å². The van der Waals surface area contributed by atoms with E-state index < -0.39 is 16.6 Å². The summed E-state index contributed by atoms with van der Waals surface area (Å²) >= 11 is 0. The van der Waals surface area contributed by atoms with E-state index in [0.29, 0.717) is 56.9 Å². The average Bonchev–Trinajstić information content (AvgIpc) is 3.32. The number of hydrogen-bond donors (Lipinski definition) is 1. The first-order valence-electron chi connectivity index (χ1n) is 11.2. The van der Waals surface area contributed by atoms with Crippen LogP contribution in [0.5, 0.6) is 5.75 Å². The third kappa shape index (κ3) is 7.13. The van der Waals surface area contributed by atoms with Gasteiger partial charge in [-0.3, -0.25) is 19.7 Å². The van der Waals surface area contributed by atoms with Crippen molar-refractivity contribution in [1.29, 1.82) is 0 Å². The Bertz CT molecular complexity index is 839. The minimum absolute atomic E-state index is 0.00625. The third-order valence-corrected chi connectivity index (χ3v) is 5.89. The summed E-state index contributed by atoms with van der Waals surface area (Å²) in [7, 11) is 3.42. The summed E-state index contributed by atoms with van der Waals surface area (Å²) in [5.74, 6) is 0.141. The Morgan fingerprint density at radius 1 is 1.33 bits per heavy atom. The number of carbonyl (C=O) groups is 2. The molecule has 0 spiro atoms. The van der Waals surface area contributed by atoms with E-state index in [0.717, 1.165) is 0 Å². The molecular formula is C23H35N3O7. The van der Waals surface area contributed by atoms with Crippen molar-refractivity contribution in [1.82, 2.24) is 10.2 Å². The van der Waals surface area contributed by atoms with Crippen molar-refractivity contribution < 1.29 is 28.7 Å². The zero-order valence-electron chi connectivity index (χ0n) is 20.1. The van der Waals surface area contributed by atoms with Crippen molar-refractivity contribution in [3.63, 3.8) is 0 Å². The summed E-state index contributed by atoms with van der Waals surface area (Å²) in [5.41, 5.74) is -0.397. The van der Waals surface area contributed by atoms with E-state index in [9.17, 15) is 19.7 Å². The molecule has 0 aliphatic carbocycles. The predicted octanol–water partition coefficient (Wildman–Crippen LogP) is 3.06. The second kappa shape index (κ2) is 11.9. The summed E-state index contributed by atoms with van der Waals surface area (Å²) < 4.78 is 16.5. The Morgan fingerprint density at radius 3 is 2.58 bits per heavy atom. The van der Waals surface area contributed by atoms with Gasteiger partial charge in [0.05, 0.1) is 30.3 Å². The monoisotopic (exact) mass is 465 g/mol. The largest absolute Gasteiger partial charge is 0.494 e. The maximum atomic E-state index is 12.8. The average molecular weight is 466 g/mol. The molecule has 0 saturated carbocycles. The number of amides is 2. The van der Waals surface area contributed by atoms with Crippen LogP contribution >= 0.6 is 0 Å². The van der Waals surface area contributed by atoms with Crippen molar-refractivity contribution in [2.24, 2.45) is 11.3 Å². The molecule has 1 saturated heterocycles. The lowest BCUT2D eigenvalue weighted by Gasteiger charge is -2.30. The van der Waals surface area contributed by atoms with Crippen LogP contribution in [0.1, 0.15) is 51.9 Å². The van der Waals surface area contributed by atoms with Crippen LogP contribution in [0.15, 0.2) is 18.2 Å². The highest BCUT2D eigenvalue weighted by Crippen LogP contribution is 2.34. The van der Waals surface area contributed by atoms with E-state index in [2.05, 4.69) is 5.32 Å².